The van der Waals surface area contributed by atoms with Gasteiger partial charge in [0.1, 0.15) is 10.9 Å². The monoisotopic (exact) mass is 285 g/mol. The molecule has 2 rings (SSSR count). The number of aliphatic hydroxyl groups is 2. The Bertz CT molecular complexity index is 530. The molecule has 2 aromatic rings. The molecule has 0 fully saturated rings. The van der Waals surface area contributed by atoms with Gasteiger partial charge in [0.15, 0.2) is 0 Å². The van der Waals surface area contributed by atoms with Crippen molar-refractivity contribution in [2.45, 2.75) is 13.0 Å². The average molecular weight is 286 g/mol. The van der Waals surface area contributed by atoms with Gasteiger partial charge < -0.3 is 14.9 Å². The van der Waals surface area contributed by atoms with Crippen LogP contribution in [0.25, 0.3) is 0 Å². The summed E-state index contributed by atoms with van der Waals surface area (Å²) in [5, 5.41) is 18.7. The van der Waals surface area contributed by atoms with Crippen molar-refractivity contribution in [3.05, 3.63) is 39.9 Å². The summed E-state index contributed by atoms with van der Waals surface area (Å²) in [4.78, 5) is 4.59. The Labute approximate surface area is 113 Å². The second-order valence-corrected chi connectivity index (χ2v) is 4.94. The zero-order chi connectivity index (χ0) is 13.0. The molecule has 1 heterocycles. The number of para-hydroxylation sites is 1. The van der Waals surface area contributed by atoms with Crippen LogP contribution in [0.5, 0.6) is 10.9 Å². The lowest BCUT2D eigenvalue weighted by atomic mass is 10.1. The third-order valence-corrected chi connectivity index (χ3v) is 3.67. The van der Waals surface area contributed by atoms with Crippen LogP contribution in [0, 0.1) is 0 Å². The Morgan fingerprint density at radius 2 is 2.06 bits per heavy atom. The molecule has 96 valence electrons. The van der Waals surface area contributed by atoms with Gasteiger partial charge >= 0.3 is 0 Å². The van der Waals surface area contributed by atoms with Crippen molar-refractivity contribution in [3.63, 3.8) is 0 Å². The maximum atomic E-state index is 9.03. The van der Waals surface area contributed by atoms with Gasteiger partial charge in [0.2, 0.25) is 0 Å². The molecule has 0 bridgehead atoms. The predicted molar refractivity (Wildman–Crippen MR) is 70.4 cm³/mol. The summed E-state index contributed by atoms with van der Waals surface area (Å²) >= 11 is 7.03. The number of rotatable bonds is 5. The Morgan fingerprint density at radius 1 is 1.28 bits per heavy atom. The summed E-state index contributed by atoms with van der Waals surface area (Å²) in [5.74, 6) is 0.640. The molecule has 0 spiro atoms. The van der Waals surface area contributed by atoms with Gasteiger partial charge in [0.25, 0.3) is 5.19 Å². The Kier molecular flexibility index (Phi) is 4.54. The normalized spacial score (nSPS) is 10.6. The van der Waals surface area contributed by atoms with Crippen molar-refractivity contribution in [1.29, 1.82) is 0 Å². The number of ether oxygens (including phenoxy) is 1. The minimum Gasteiger partial charge on any atom is -0.431 e. The Hall–Kier alpha value is -1.14. The lowest BCUT2D eigenvalue weighted by Gasteiger charge is -2.07. The summed E-state index contributed by atoms with van der Waals surface area (Å²) < 4.78 is 5.63. The second-order valence-electron chi connectivity index (χ2n) is 3.54. The van der Waals surface area contributed by atoms with Crippen molar-refractivity contribution in [1.82, 2.24) is 4.98 Å². The first kappa shape index (κ1) is 13.3. The van der Waals surface area contributed by atoms with Gasteiger partial charge in [-0.3, -0.25) is 0 Å². The van der Waals surface area contributed by atoms with Crippen molar-refractivity contribution >= 4 is 22.9 Å². The molecule has 0 saturated heterocycles. The van der Waals surface area contributed by atoms with Gasteiger partial charge in [0.05, 0.1) is 11.5 Å². The SMILES string of the molecule is OCCc1ccccc1Oc1nc(Cl)c(CO)s1. The molecular weight excluding hydrogens is 274 g/mol. The molecule has 0 unspecified atom stereocenters. The van der Waals surface area contributed by atoms with Crippen LogP contribution in [0.15, 0.2) is 24.3 Å². The number of aliphatic hydroxyl groups excluding tert-OH is 2. The quantitative estimate of drug-likeness (QED) is 0.886. The molecule has 2 N–H and O–H groups in total. The highest BCUT2D eigenvalue weighted by atomic mass is 35.5. The van der Waals surface area contributed by atoms with E-state index in [2.05, 4.69) is 4.98 Å². The van der Waals surface area contributed by atoms with Gasteiger partial charge in [-0.1, -0.05) is 41.1 Å². The van der Waals surface area contributed by atoms with Crippen LogP contribution in [-0.2, 0) is 13.0 Å². The first-order valence-electron chi connectivity index (χ1n) is 5.37. The van der Waals surface area contributed by atoms with Crippen LogP contribution in [0.3, 0.4) is 0 Å². The van der Waals surface area contributed by atoms with Crippen LogP contribution in [0.1, 0.15) is 10.4 Å². The highest BCUT2D eigenvalue weighted by Gasteiger charge is 2.11. The van der Waals surface area contributed by atoms with Crippen molar-refractivity contribution < 1.29 is 14.9 Å². The topological polar surface area (TPSA) is 62.6 Å². The van der Waals surface area contributed by atoms with E-state index in [9.17, 15) is 0 Å². The number of thiazole rings is 1. The Balaban J connectivity index is 2.22. The molecule has 0 radical (unpaired) electrons. The average Bonchev–Trinajstić information content (AvgIpc) is 2.72. The lowest BCUT2D eigenvalue weighted by molar-refractivity contribution is 0.285. The fourth-order valence-electron chi connectivity index (χ4n) is 1.48. The molecule has 4 nitrogen and oxygen atoms in total. The molecule has 18 heavy (non-hydrogen) atoms. The molecule has 0 aliphatic heterocycles. The number of hydrogen-bond acceptors (Lipinski definition) is 5. The van der Waals surface area contributed by atoms with E-state index >= 15 is 0 Å². The third-order valence-electron chi connectivity index (χ3n) is 2.32. The van der Waals surface area contributed by atoms with E-state index in [1.807, 2.05) is 18.2 Å². The fraction of sp³-hybridized carbons (Fsp3) is 0.250. The smallest absolute Gasteiger partial charge is 0.280 e. The number of hydrogen-bond donors (Lipinski definition) is 2. The first-order chi connectivity index (χ1) is 8.74. The molecule has 0 atom stereocenters. The van der Waals surface area contributed by atoms with Gasteiger partial charge in [-0.05, 0) is 18.1 Å². The first-order valence-corrected chi connectivity index (χ1v) is 6.56. The number of halogens is 1. The van der Waals surface area contributed by atoms with Gasteiger partial charge in [-0.2, -0.15) is 4.98 Å². The van der Waals surface area contributed by atoms with E-state index in [0.717, 1.165) is 5.56 Å². The summed E-state index contributed by atoms with van der Waals surface area (Å²) in [5.41, 5.74) is 0.900. The van der Waals surface area contributed by atoms with Crippen LogP contribution in [-0.4, -0.2) is 21.8 Å². The van der Waals surface area contributed by atoms with E-state index < -0.39 is 0 Å². The van der Waals surface area contributed by atoms with E-state index in [1.165, 1.54) is 11.3 Å². The minimum atomic E-state index is -0.155. The largest absolute Gasteiger partial charge is 0.431 e. The zero-order valence-electron chi connectivity index (χ0n) is 9.47. The maximum Gasteiger partial charge on any atom is 0.280 e. The molecular formula is C12H12ClNO3S. The number of benzene rings is 1. The van der Waals surface area contributed by atoms with Crippen molar-refractivity contribution in [2.75, 3.05) is 6.61 Å². The van der Waals surface area contributed by atoms with E-state index in [-0.39, 0.29) is 18.4 Å². The van der Waals surface area contributed by atoms with Crippen LogP contribution in [0.2, 0.25) is 5.15 Å². The minimum absolute atomic E-state index is 0.0564. The fourth-order valence-corrected chi connectivity index (χ4v) is 2.45. The highest BCUT2D eigenvalue weighted by molar-refractivity contribution is 7.13. The molecule has 0 aliphatic carbocycles. The molecule has 1 aromatic carbocycles. The summed E-state index contributed by atoms with van der Waals surface area (Å²) in [7, 11) is 0. The Morgan fingerprint density at radius 3 is 2.72 bits per heavy atom. The third kappa shape index (κ3) is 3.00. The maximum absolute atomic E-state index is 9.03. The van der Waals surface area contributed by atoms with Gasteiger partial charge in [-0.25, -0.2) is 0 Å². The van der Waals surface area contributed by atoms with Crippen LogP contribution < -0.4 is 4.74 Å². The summed E-state index contributed by atoms with van der Waals surface area (Å²) in [6.45, 7) is -0.0982. The molecule has 0 amide bonds. The summed E-state index contributed by atoms with van der Waals surface area (Å²) in [6, 6.07) is 7.41. The van der Waals surface area contributed by atoms with Crippen LogP contribution >= 0.6 is 22.9 Å². The standard InChI is InChI=1S/C12H12ClNO3S/c13-11-10(7-16)18-12(14-11)17-9-4-2-1-3-8(9)5-6-15/h1-4,15-16H,5-7H2. The predicted octanol–water partition coefficient (Wildman–Crippen LogP) is 2.62. The lowest BCUT2D eigenvalue weighted by Crippen LogP contribution is -1.94. The summed E-state index contributed by atoms with van der Waals surface area (Å²) in [6.07, 6.45) is 0.516. The van der Waals surface area contributed by atoms with Gasteiger partial charge in [-0.15, -0.1) is 0 Å². The number of nitrogens with zero attached hydrogens (tertiary/aromatic N) is 1. The number of aromatic nitrogens is 1. The van der Waals surface area contributed by atoms with E-state index in [0.29, 0.717) is 22.2 Å². The van der Waals surface area contributed by atoms with Crippen LogP contribution in [0.4, 0.5) is 0 Å². The van der Waals surface area contributed by atoms with Crippen molar-refractivity contribution in [3.8, 4) is 10.9 Å². The van der Waals surface area contributed by atoms with E-state index in [4.69, 9.17) is 26.6 Å². The molecule has 1 aromatic heterocycles. The van der Waals surface area contributed by atoms with E-state index in [1.54, 1.807) is 6.07 Å². The molecule has 6 heteroatoms. The molecule has 0 aliphatic rings. The van der Waals surface area contributed by atoms with Gasteiger partial charge in [0, 0.05) is 6.61 Å². The molecule has 0 saturated carbocycles. The van der Waals surface area contributed by atoms with Crippen molar-refractivity contribution in [2.24, 2.45) is 0 Å². The highest BCUT2D eigenvalue weighted by Crippen LogP contribution is 2.33. The zero-order valence-corrected chi connectivity index (χ0v) is 11.0. The second kappa shape index (κ2) is 6.15.